The molecule has 2 aliphatic rings. The third kappa shape index (κ3) is 0.810. The lowest BCUT2D eigenvalue weighted by molar-refractivity contribution is 0.339. The second-order valence-electron chi connectivity index (χ2n) is 4.44. The Morgan fingerprint density at radius 3 is 1.50 bits per heavy atom. The number of rotatable bonds is 0. The minimum Gasteiger partial charge on any atom is -0.0622 e. The largest absolute Gasteiger partial charge is 0.0622 e. The summed E-state index contributed by atoms with van der Waals surface area (Å²) in [5.74, 6) is 4.34. The maximum atomic E-state index is 2.45. The van der Waals surface area contributed by atoms with Crippen LogP contribution >= 0.6 is 0 Å². The Labute approximate surface area is 64.0 Å². The number of hydrogen-bond acceptors (Lipinski definition) is 0. The van der Waals surface area contributed by atoms with Crippen molar-refractivity contribution < 1.29 is 0 Å². The quantitative estimate of drug-likeness (QED) is 0.482. The van der Waals surface area contributed by atoms with Gasteiger partial charge in [-0.3, -0.25) is 0 Å². The predicted octanol–water partition coefficient (Wildman–Crippen LogP) is 3.08. The van der Waals surface area contributed by atoms with Crippen LogP contribution in [0.25, 0.3) is 0 Å². The summed E-state index contributed by atoms with van der Waals surface area (Å²) >= 11 is 0. The standard InChI is InChI=1S/C10H18/c1-7-3-5-10-8(2)4-6-9(7)10/h7-10H,3-6H2,1-2H3/t7-,8-,9?,10?/m0/s1. The fraction of sp³-hybridized carbons (Fsp3) is 1.00. The lowest BCUT2D eigenvalue weighted by atomic mass is 9.91. The van der Waals surface area contributed by atoms with E-state index in [-0.39, 0.29) is 0 Å². The molecule has 0 radical (unpaired) electrons. The summed E-state index contributed by atoms with van der Waals surface area (Å²) in [7, 11) is 0. The smallest absolute Gasteiger partial charge is 0.0357 e. The zero-order valence-electron chi connectivity index (χ0n) is 7.14. The highest BCUT2D eigenvalue weighted by molar-refractivity contribution is 4.90. The van der Waals surface area contributed by atoms with Gasteiger partial charge in [-0.1, -0.05) is 26.7 Å². The Morgan fingerprint density at radius 1 is 0.700 bits per heavy atom. The molecule has 2 saturated carbocycles. The van der Waals surface area contributed by atoms with E-state index in [4.69, 9.17) is 0 Å². The lowest BCUT2D eigenvalue weighted by Gasteiger charge is -2.15. The van der Waals surface area contributed by atoms with Crippen molar-refractivity contribution in [2.24, 2.45) is 23.7 Å². The molecular weight excluding hydrogens is 120 g/mol. The molecule has 0 heteroatoms. The van der Waals surface area contributed by atoms with Gasteiger partial charge < -0.3 is 0 Å². The molecule has 0 N–H and O–H groups in total. The molecule has 2 fully saturated rings. The van der Waals surface area contributed by atoms with Crippen molar-refractivity contribution in [3.8, 4) is 0 Å². The Bertz CT molecular complexity index is 112. The first-order chi connectivity index (χ1) is 4.79. The molecule has 0 spiro atoms. The molecule has 58 valence electrons. The minimum atomic E-state index is 1.05. The predicted molar refractivity (Wildman–Crippen MR) is 43.8 cm³/mol. The molecule has 0 aliphatic heterocycles. The highest BCUT2D eigenvalue weighted by atomic mass is 14.5. The molecule has 4 atom stereocenters. The topological polar surface area (TPSA) is 0 Å². The SMILES string of the molecule is C[C@H]1CCC2C1CC[C@@H]2C. The van der Waals surface area contributed by atoms with Crippen molar-refractivity contribution in [3.63, 3.8) is 0 Å². The van der Waals surface area contributed by atoms with Crippen LogP contribution < -0.4 is 0 Å². The molecule has 0 aromatic carbocycles. The molecule has 10 heavy (non-hydrogen) atoms. The van der Waals surface area contributed by atoms with Gasteiger partial charge in [-0.05, 0) is 36.5 Å². The van der Waals surface area contributed by atoms with Gasteiger partial charge in [0.05, 0.1) is 0 Å². The van der Waals surface area contributed by atoms with E-state index in [2.05, 4.69) is 13.8 Å². The van der Waals surface area contributed by atoms with E-state index < -0.39 is 0 Å². The monoisotopic (exact) mass is 138 g/mol. The molecule has 2 rings (SSSR count). The van der Waals surface area contributed by atoms with Gasteiger partial charge in [0.2, 0.25) is 0 Å². The van der Waals surface area contributed by atoms with Crippen LogP contribution in [-0.4, -0.2) is 0 Å². The van der Waals surface area contributed by atoms with Crippen molar-refractivity contribution in [2.45, 2.75) is 39.5 Å². The van der Waals surface area contributed by atoms with Gasteiger partial charge in [-0.15, -0.1) is 0 Å². The van der Waals surface area contributed by atoms with Crippen LogP contribution in [0.15, 0.2) is 0 Å². The van der Waals surface area contributed by atoms with Gasteiger partial charge in [0.1, 0.15) is 0 Å². The maximum Gasteiger partial charge on any atom is -0.0357 e. The molecule has 0 saturated heterocycles. The summed E-state index contributed by atoms with van der Waals surface area (Å²) in [6.45, 7) is 4.89. The van der Waals surface area contributed by atoms with Crippen LogP contribution in [0.2, 0.25) is 0 Å². The van der Waals surface area contributed by atoms with Crippen LogP contribution in [-0.2, 0) is 0 Å². The summed E-state index contributed by atoms with van der Waals surface area (Å²) in [5.41, 5.74) is 0. The summed E-state index contributed by atoms with van der Waals surface area (Å²) in [6, 6.07) is 0. The Balaban J connectivity index is 2.09. The molecule has 0 nitrogen and oxygen atoms in total. The van der Waals surface area contributed by atoms with Crippen LogP contribution in [0.1, 0.15) is 39.5 Å². The van der Waals surface area contributed by atoms with Gasteiger partial charge in [-0.2, -0.15) is 0 Å². The average molecular weight is 138 g/mol. The molecule has 0 amide bonds. The van der Waals surface area contributed by atoms with Crippen molar-refractivity contribution in [1.29, 1.82) is 0 Å². The van der Waals surface area contributed by atoms with Gasteiger partial charge in [0.15, 0.2) is 0 Å². The van der Waals surface area contributed by atoms with E-state index in [1.807, 2.05) is 0 Å². The van der Waals surface area contributed by atoms with Crippen molar-refractivity contribution in [3.05, 3.63) is 0 Å². The Kier molecular flexibility index (Phi) is 1.51. The summed E-state index contributed by atoms with van der Waals surface area (Å²) in [5, 5.41) is 0. The molecule has 0 bridgehead atoms. The van der Waals surface area contributed by atoms with Gasteiger partial charge in [-0.25, -0.2) is 0 Å². The van der Waals surface area contributed by atoms with E-state index in [9.17, 15) is 0 Å². The van der Waals surface area contributed by atoms with Gasteiger partial charge in [0.25, 0.3) is 0 Å². The maximum absolute atomic E-state index is 2.45. The van der Waals surface area contributed by atoms with E-state index in [1.54, 1.807) is 0 Å². The van der Waals surface area contributed by atoms with Crippen molar-refractivity contribution in [1.82, 2.24) is 0 Å². The number of fused-ring (bicyclic) bond motifs is 1. The van der Waals surface area contributed by atoms with Crippen LogP contribution in [0.4, 0.5) is 0 Å². The fourth-order valence-corrected chi connectivity index (χ4v) is 3.18. The third-order valence-electron chi connectivity index (χ3n) is 3.92. The minimum absolute atomic E-state index is 1.05. The first-order valence-corrected chi connectivity index (χ1v) is 4.79. The molecule has 2 unspecified atom stereocenters. The fourth-order valence-electron chi connectivity index (χ4n) is 3.18. The molecular formula is C10H18. The molecule has 0 heterocycles. The van der Waals surface area contributed by atoms with Gasteiger partial charge in [0, 0.05) is 0 Å². The summed E-state index contributed by atoms with van der Waals surface area (Å²) in [6.07, 6.45) is 6.10. The highest BCUT2D eigenvalue weighted by Gasteiger charge is 2.40. The average Bonchev–Trinajstić information content (AvgIpc) is 2.41. The second-order valence-corrected chi connectivity index (χ2v) is 4.44. The van der Waals surface area contributed by atoms with E-state index in [0.717, 1.165) is 23.7 Å². The highest BCUT2D eigenvalue weighted by Crippen LogP contribution is 2.50. The third-order valence-corrected chi connectivity index (χ3v) is 3.92. The second kappa shape index (κ2) is 2.25. The number of hydrogen-bond donors (Lipinski definition) is 0. The van der Waals surface area contributed by atoms with E-state index in [1.165, 1.54) is 25.7 Å². The van der Waals surface area contributed by atoms with Crippen LogP contribution in [0, 0.1) is 23.7 Å². The Morgan fingerprint density at radius 2 is 1.10 bits per heavy atom. The zero-order chi connectivity index (χ0) is 7.14. The summed E-state index contributed by atoms with van der Waals surface area (Å²) < 4.78 is 0. The molecule has 0 aromatic rings. The van der Waals surface area contributed by atoms with Gasteiger partial charge >= 0.3 is 0 Å². The van der Waals surface area contributed by atoms with Crippen LogP contribution in [0.5, 0.6) is 0 Å². The normalized spacial score (nSPS) is 53.4. The Hall–Kier alpha value is 0. The van der Waals surface area contributed by atoms with Crippen molar-refractivity contribution in [2.75, 3.05) is 0 Å². The van der Waals surface area contributed by atoms with Crippen LogP contribution in [0.3, 0.4) is 0 Å². The molecule has 2 aliphatic carbocycles. The molecule has 0 aromatic heterocycles. The first-order valence-electron chi connectivity index (χ1n) is 4.79. The lowest BCUT2D eigenvalue weighted by Crippen LogP contribution is -2.08. The van der Waals surface area contributed by atoms with Crippen molar-refractivity contribution >= 4 is 0 Å². The summed E-state index contributed by atoms with van der Waals surface area (Å²) in [4.78, 5) is 0. The zero-order valence-corrected chi connectivity index (χ0v) is 7.14. The van der Waals surface area contributed by atoms with E-state index >= 15 is 0 Å². The van der Waals surface area contributed by atoms with E-state index in [0.29, 0.717) is 0 Å². The first kappa shape index (κ1) is 6.69.